The fourth-order valence-corrected chi connectivity index (χ4v) is 1.39. The van der Waals surface area contributed by atoms with E-state index in [9.17, 15) is 0 Å². The van der Waals surface area contributed by atoms with Crippen molar-refractivity contribution in [2.24, 2.45) is 10.9 Å². The highest BCUT2D eigenvalue weighted by Gasteiger charge is 2.29. The second-order valence-corrected chi connectivity index (χ2v) is 2.83. The van der Waals surface area contributed by atoms with E-state index in [2.05, 4.69) is 11.1 Å². The fraction of sp³-hybridized carbons (Fsp3) is 0.500. The molecular formula is C8H8N2. The van der Waals surface area contributed by atoms with Gasteiger partial charge in [0.05, 0.1) is 12.1 Å². The molecule has 1 aliphatic heterocycles. The molecule has 0 amide bonds. The van der Waals surface area contributed by atoms with Gasteiger partial charge in [0.15, 0.2) is 0 Å². The third kappa shape index (κ3) is 0.841. The molecule has 2 atom stereocenters. The molecule has 0 fully saturated rings. The first-order chi connectivity index (χ1) is 4.90. The smallest absolute Gasteiger partial charge is 0.0943 e. The molecule has 2 aliphatic rings. The highest BCUT2D eigenvalue weighted by Crippen LogP contribution is 2.31. The van der Waals surface area contributed by atoms with Gasteiger partial charge in [0.1, 0.15) is 0 Å². The van der Waals surface area contributed by atoms with E-state index in [0.717, 1.165) is 18.4 Å². The molecule has 0 saturated heterocycles. The molecule has 2 heteroatoms. The second-order valence-electron chi connectivity index (χ2n) is 2.83. The van der Waals surface area contributed by atoms with Gasteiger partial charge in [0.25, 0.3) is 0 Å². The van der Waals surface area contributed by atoms with Gasteiger partial charge in [-0.15, -0.1) is 0 Å². The van der Waals surface area contributed by atoms with Crippen LogP contribution in [-0.2, 0) is 0 Å². The van der Waals surface area contributed by atoms with E-state index in [1.54, 1.807) is 0 Å². The van der Waals surface area contributed by atoms with Gasteiger partial charge in [-0.3, -0.25) is 4.99 Å². The monoisotopic (exact) mass is 132 g/mol. The Hall–Kier alpha value is -1.10. The maximum Gasteiger partial charge on any atom is 0.0943 e. The summed E-state index contributed by atoms with van der Waals surface area (Å²) in [5, 5.41) is 8.53. The number of hydrogen-bond acceptors (Lipinski definition) is 2. The Kier molecular flexibility index (Phi) is 1.10. The minimum Gasteiger partial charge on any atom is -0.286 e. The van der Waals surface area contributed by atoms with E-state index in [4.69, 9.17) is 5.26 Å². The standard InChI is InChI=1S/C8H8N2/c9-4-6-1-2-7(3-6)8-5-10-8/h1,5,7-8H,2-3H2. The minimum atomic E-state index is 0.474. The number of aliphatic imine (C=N–C) groups is 1. The van der Waals surface area contributed by atoms with Crippen LogP contribution in [0.2, 0.25) is 0 Å². The second kappa shape index (κ2) is 1.95. The zero-order valence-corrected chi connectivity index (χ0v) is 5.62. The van der Waals surface area contributed by atoms with Crippen LogP contribution in [0.4, 0.5) is 0 Å². The summed E-state index contributed by atoms with van der Waals surface area (Å²) in [6.07, 6.45) is 6.00. The summed E-state index contributed by atoms with van der Waals surface area (Å²) in [5.74, 6) is 0.620. The minimum absolute atomic E-state index is 0.474. The topological polar surface area (TPSA) is 36.1 Å². The zero-order valence-electron chi connectivity index (χ0n) is 5.62. The van der Waals surface area contributed by atoms with Crippen LogP contribution in [0.5, 0.6) is 0 Å². The molecule has 0 aromatic heterocycles. The molecule has 0 saturated carbocycles. The van der Waals surface area contributed by atoms with Crippen molar-refractivity contribution in [2.45, 2.75) is 18.9 Å². The highest BCUT2D eigenvalue weighted by atomic mass is 14.9. The molecule has 2 nitrogen and oxygen atoms in total. The normalized spacial score (nSPS) is 35.3. The van der Waals surface area contributed by atoms with Gasteiger partial charge in [-0.2, -0.15) is 5.26 Å². The number of nitrogens with zero attached hydrogens (tertiary/aromatic N) is 2. The maximum atomic E-state index is 8.53. The molecule has 0 bridgehead atoms. The molecule has 2 rings (SSSR count). The van der Waals surface area contributed by atoms with Gasteiger partial charge in [-0.05, 0) is 18.8 Å². The first-order valence-electron chi connectivity index (χ1n) is 3.52. The van der Waals surface area contributed by atoms with Gasteiger partial charge < -0.3 is 0 Å². The molecule has 10 heavy (non-hydrogen) atoms. The van der Waals surface area contributed by atoms with E-state index >= 15 is 0 Å². The first-order valence-corrected chi connectivity index (χ1v) is 3.52. The summed E-state index contributed by atoms with van der Waals surface area (Å²) >= 11 is 0. The van der Waals surface area contributed by atoms with E-state index in [-0.39, 0.29) is 0 Å². The molecule has 0 aromatic carbocycles. The number of hydrogen-bond donors (Lipinski definition) is 0. The predicted molar refractivity (Wildman–Crippen MR) is 38.7 cm³/mol. The number of rotatable bonds is 1. The van der Waals surface area contributed by atoms with Gasteiger partial charge in [0, 0.05) is 11.8 Å². The van der Waals surface area contributed by atoms with Crippen LogP contribution in [0.1, 0.15) is 12.8 Å². The summed E-state index contributed by atoms with van der Waals surface area (Å²) in [5.41, 5.74) is 0.945. The third-order valence-electron chi connectivity index (χ3n) is 2.10. The van der Waals surface area contributed by atoms with Crippen LogP contribution in [0.3, 0.4) is 0 Å². The van der Waals surface area contributed by atoms with Crippen molar-refractivity contribution in [3.63, 3.8) is 0 Å². The quantitative estimate of drug-likeness (QED) is 0.529. The number of nitriles is 1. The zero-order chi connectivity index (χ0) is 6.97. The first kappa shape index (κ1) is 5.67. The summed E-state index contributed by atoms with van der Waals surface area (Å²) in [7, 11) is 0. The Balaban J connectivity index is 1.94. The van der Waals surface area contributed by atoms with Crippen LogP contribution >= 0.6 is 0 Å². The Bertz CT molecular complexity index is 238. The molecule has 2 unspecified atom stereocenters. The lowest BCUT2D eigenvalue weighted by atomic mass is 10.0. The van der Waals surface area contributed by atoms with Crippen molar-refractivity contribution in [3.05, 3.63) is 11.6 Å². The third-order valence-corrected chi connectivity index (χ3v) is 2.10. The van der Waals surface area contributed by atoms with Gasteiger partial charge in [-0.25, -0.2) is 0 Å². The molecule has 0 N–H and O–H groups in total. The average molecular weight is 132 g/mol. The Morgan fingerprint density at radius 2 is 2.50 bits per heavy atom. The number of allylic oxidation sites excluding steroid dienone is 2. The molecule has 1 heterocycles. The highest BCUT2D eigenvalue weighted by molar-refractivity contribution is 5.78. The maximum absolute atomic E-state index is 8.53. The van der Waals surface area contributed by atoms with Gasteiger partial charge >= 0.3 is 0 Å². The van der Waals surface area contributed by atoms with E-state index in [1.807, 2.05) is 12.3 Å². The summed E-state index contributed by atoms with van der Waals surface area (Å²) in [4.78, 5) is 4.09. The summed E-state index contributed by atoms with van der Waals surface area (Å²) in [6.45, 7) is 0. The van der Waals surface area contributed by atoms with Crippen LogP contribution in [0.25, 0.3) is 0 Å². The average Bonchev–Trinajstić information content (AvgIpc) is 2.70. The summed E-state index contributed by atoms with van der Waals surface area (Å²) < 4.78 is 0. The SMILES string of the molecule is N#CC1=CCC(C2C=N2)C1. The van der Waals surface area contributed by atoms with E-state index in [0.29, 0.717) is 12.0 Å². The molecule has 50 valence electrons. The molecule has 0 aromatic rings. The van der Waals surface area contributed by atoms with Crippen LogP contribution < -0.4 is 0 Å². The van der Waals surface area contributed by atoms with E-state index < -0.39 is 0 Å². The van der Waals surface area contributed by atoms with Crippen molar-refractivity contribution in [1.29, 1.82) is 5.26 Å². The molecule has 0 spiro atoms. The molecule has 1 aliphatic carbocycles. The Morgan fingerprint density at radius 1 is 1.70 bits per heavy atom. The lowest BCUT2D eigenvalue weighted by Crippen LogP contribution is -2.04. The Morgan fingerprint density at radius 3 is 3.00 bits per heavy atom. The predicted octanol–water partition coefficient (Wildman–Crippen LogP) is 1.30. The van der Waals surface area contributed by atoms with Crippen LogP contribution in [0, 0.1) is 17.2 Å². The van der Waals surface area contributed by atoms with Crippen LogP contribution in [-0.4, -0.2) is 12.3 Å². The van der Waals surface area contributed by atoms with E-state index in [1.165, 1.54) is 0 Å². The molecular weight excluding hydrogens is 124 g/mol. The van der Waals surface area contributed by atoms with Crippen molar-refractivity contribution < 1.29 is 0 Å². The van der Waals surface area contributed by atoms with Gasteiger partial charge in [0.2, 0.25) is 0 Å². The lowest BCUT2D eigenvalue weighted by molar-refractivity contribution is 0.568. The van der Waals surface area contributed by atoms with Crippen molar-refractivity contribution >= 4 is 6.21 Å². The molecule has 0 radical (unpaired) electrons. The lowest BCUT2D eigenvalue weighted by Gasteiger charge is -2.02. The van der Waals surface area contributed by atoms with Crippen molar-refractivity contribution in [2.75, 3.05) is 0 Å². The summed E-state index contributed by atoms with van der Waals surface area (Å²) in [6, 6.07) is 2.66. The van der Waals surface area contributed by atoms with Crippen molar-refractivity contribution in [1.82, 2.24) is 0 Å². The van der Waals surface area contributed by atoms with Crippen LogP contribution in [0.15, 0.2) is 16.6 Å². The fourth-order valence-electron chi connectivity index (χ4n) is 1.39. The van der Waals surface area contributed by atoms with Crippen molar-refractivity contribution in [3.8, 4) is 6.07 Å². The largest absolute Gasteiger partial charge is 0.286 e. The van der Waals surface area contributed by atoms with Gasteiger partial charge in [-0.1, -0.05) is 6.08 Å². The Labute approximate surface area is 59.9 Å².